The highest BCUT2D eigenvalue weighted by atomic mass is 16.2. The van der Waals surface area contributed by atoms with Gasteiger partial charge in [0.05, 0.1) is 11.9 Å². The van der Waals surface area contributed by atoms with Crippen LogP contribution < -0.4 is 16.0 Å². The average molecular weight is 296 g/mol. The van der Waals surface area contributed by atoms with E-state index in [1.165, 1.54) is 4.68 Å². The summed E-state index contributed by atoms with van der Waals surface area (Å²) in [7, 11) is 0. The number of hydrogen-bond donors (Lipinski definition) is 3. The summed E-state index contributed by atoms with van der Waals surface area (Å²) in [5.74, 6) is -0.0893. The van der Waals surface area contributed by atoms with Crippen LogP contribution >= 0.6 is 0 Å². The Morgan fingerprint density at radius 3 is 2.81 bits per heavy atom. The summed E-state index contributed by atoms with van der Waals surface area (Å²) >= 11 is 0. The second-order valence-corrected chi connectivity index (χ2v) is 5.24. The lowest BCUT2D eigenvalue weighted by Gasteiger charge is -2.08. The Bertz CT molecular complexity index is 457. The van der Waals surface area contributed by atoms with Crippen molar-refractivity contribution in [2.75, 3.05) is 13.1 Å². The summed E-state index contributed by atoms with van der Waals surface area (Å²) < 4.78 is 1.41. The fourth-order valence-corrected chi connectivity index (χ4v) is 1.54. The summed E-state index contributed by atoms with van der Waals surface area (Å²) in [6.07, 6.45) is 2.73. The van der Waals surface area contributed by atoms with Crippen molar-refractivity contribution in [1.29, 1.82) is 0 Å². The minimum atomic E-state index is -0.487. The number of carbonyl (C=O) groups excluding carboxylic acids is 2. The van der Waals surface area contributed by atoms with Crippen LogP contribution in [0.4, 0.5) is 4.79 Å². The van der Waals surface area contributed by atoms with Crippen molar-refractivity contribution in [2.24, 2.45) is 5.92 Å². The van der Waals surface area contributed by atoms with Crippen LogP contribution in [-0.2, 0) is 17.9 Å². The number of nitrogens with zero attached hydrogens (tertiary/aromatic N) is 3. The summed E-state index contributed by atoms with van der Waals surface area (Å²) in [6, 6.07) is -0.487. The Morgan fingerprint density at radius 1 is 1.38 bits per heavy atom. The summed E-state index contributed by atoms with van der Waals surface area (Å²) in [5, 5.41) is 15.9. The molecule has 1 aromatic rings. The van der Waals surface area contributed by atoms with Gasteiger partial charge in [0, 0.05) is 13.1 Å². The number of carbonyl (C=O) groups is 2. The first-order valence-corrected chi connectivity index (χ1v) is 7.18. The molecule has 8 heteroatoms. The normalized spacial score (nSPS) is 10.7. The SMILES string of the molecule is CCCNCc1cn(CC(=O)NC(=O)NCC(C)C)nn1. The molecular formula is C13H24N6O2. The summed E-state index contributed by atoms with van der Waals surface area (Å²) in [5.41, 5.74) is 0.764. The van der Waals surface area contributed by atoms with E-state index in [9.17, 15) is 9.59 Å². The van der Waals surface area contributed by atoms with E-state index in [-0.39, 0.29) is 6.54 Å². The molecule has 1 heterocycles. The van der Waals surface area contributed by atoms with Gasteiger partial charge in [-0.3, -0.25) is 10.1 Å². The lowest BCUT2D eigenvalue weighted by atomic mass is 10.2. The molecule has 0 atom stereocenters. The minimum Gasteiger partial charge on any atom is -0.338 e. The van der Waals surface area contributed by atoms with Crippen molar-refractivity contribution < 1.29 is 9.59 Å². The van der Waals surface area contributed by atoms with Gasteiger partial charge in [0.2, 0.25) is 5.91 Å². The highest BCUT2D eigenvalue weighted by molar-refractivity contribution is 5.94. The van der Waals surface area contributed by atoms with E-state index in [1.54, 1.807) is 6.20 Å². The third-order valence-electron chi connectivity index (χ3n) is 2.55. The maximum atomic E-state index is 11.7. The Kier molecular flexibility index (Phi) is 7.38. The van der Waals surface area contributed by atoms with Gasteiger partial charge in [0.25, 0.3) is 0 Å². The van der Waals surface area contributed by atoms with Crippen LogP contribution in [0.25, 0.3) is 0 Å². The van der Waals surface area contributed by atoms with Gasteiger partial charge in [0.1, 0.15) is 6.54 Å². The van der Waals surface area contributed by atoms with Crippen molar-refractivity contribution in [2.45, 2.75) is 40.3 Å². The Hall–Kier alpha value is -1.96. The summed E-state index contributed by atoms with van der Waals surface area (Å²) in [4.78, 5) is 23.1. The monoisotopic (exact) mass is 296 g/mol. The molecule has 3 amide bonds. The number of aromatic nitrogens is 3. The van der Waals surface area contributed by atoms with Crippen molar-refractivity contribution in [1.82, 2.24) is 30.9 Å². The van der Waals surface area contributed by atoms with Crippen LogP contribution in [0, 0.1) is 5.92 Å². The lowest BCUT2D eigenvalue weighted by molar-refractivity contribution is -0.120. The first-order valence-electron chi connectivity index (χ1n) is 7.18. The predicted octanol–water partition coefficient (Wildman–Crippen LogP) is 0.260. The zero-order chi connectivity index (χ0) is 15.7. The quantitative estimate of drug-likeness (QED) is 0.597. The minimum absolute atomic E-state index is 0.0319. The molecule has 118 valence electrons. The number of hydrogen-bond acceptors (Lipinski definition) is 5. The second-order valence-electron chi connectivity index (χ2n) is 5.24. The molecule has 0 aliphatic rings. The third-order valence-corrected chi connectivity index (χ3v) is 2.55. The fraction of sp³-hybridized carbons (Fsp3) is 0.692. The van der Waals surface area contributed by atoms with Crippen molar-refractivity contribution in [3.63, 3.8) is 0 Å². The van der Waals surface area contributed by atoms with E-state index in [1.807, 2.05) is 13.8 Å². The van der Waals surface area contributed by atoms with Gasteiger partial charge in [-0.2, -0.15) is 0 Å². The van der Waals surface area contributed by atoms with Gasteiger partial charge in [-0.05, 0) is 18.9 Å². The zero-order valence-electron chi connectivity index (χ0n) is 12.8. The molecule has 0 aliphatic heterocycles. The standard InChI is InChI=1S/C13H24N6O2/c1-4-5-14-7-11-8-19(18-17-11)9-12(20)16-13(21)15-6-10(2)3/h8,10,14H,4-7,9H2,1-3H3,(H2,15,16,20,21). The molecule has 0 saturated carbocycles. The van der Waals surface area contributed by atoms with Gasteiger partial charge in [-0.25, -0.2) is 9.48 Å². The molecule has 0 bridgehead atoms. The predicted molar refractivity (Wildman–Crippen MR) is 78.4 cm³/mol. The van der Waals surface area contributed by atoms with E-state index in [4.69, 9.17) is 0 Å². The smallest absolute Gasteiger partial charge is 0.321 e. The van der Waals surface area contributed by atoms with E-state index < -0.39 is 11.9 Å². The van der Waals surface area contributed by atoms with E-state index >= 15 is 0 Å². The van der Waals surface area contributed by atoms with Crippen molar-refractivity contribution in [3.05, 3.63) is 11.9 Å². The number of amides is 3. The molecule has 3 N–H and O–H groups in total. The average Bonchev–Trinajstić information content (AvgIpc) is 2.84. The lowest BCUT2D eigenvalue weighted by Crippen LogP contribution is -2.42. The molecule has 0 aliphatic carbocycles. The van der Waals surface area contributed by atoms with Gasteiger partial charge in [0.15, 0.2) is 0 Å². The van der Waals surface area contributed by atoms with Gasteiger partial charge in [-0.1, -0.05) is 26.0 Å². The van der Waals surface area contributed by atoms with Crippen LogP contribution in [0.15, 0.2) is 6.20 Å². The molecular weight excluding hydrogens is 272 g/mol. The molecule has 0 fully saturated rings. The second kappa shape index (κ2) is 9.06. The van der Waals surface area contributed by atoms with Gasteiger partial charge in [-0.15, -0.1) is 5.10 Å². The highest BCUT2D eigenvalue weighted by Crippen LogP contribution is 1.93. The van der Waals surface area contributed by atoms with Crippen molar-refractivity contribution in [3.8, 4) is 0 Å². The number of nitrogens with one attached hydrogen (secondary N) is 3. The highest BCUT2D eigenvalue weighted by Gasteiger charge is 2.10. The Labute approximate surface area is 124 Å². The first-order chi connectivity index (χ1) is 10.0. The molecule has 1 aromatic heterocycles. The fourth-order valence-electron chi connectivity index (χ4n) is 1.54. The largest absolute Gasteiger partial charge is 0.338 e. The molecule has 0 spiro atoms. The summed E-state index contributed by atoms with van der Waals surface area (Å²) in [6.45, 7) is 8.05. The maximum Gasteiger partial charge on any atom is 0.321 e. The third kappa shape index (κ3) is 7.40. The van der Waals surface area contributed by atoms with Gasteiger partial charge < -0.3 is 10.6 Å². The number of urea groups is 1. The van der Waals surface area contributed by atoms with E-state index in [0.717, 1.165) is 18.7 Å². The van der Waals surface area contributed by atoms with E-state index in [0.29, 0.717) is 19.0 Å². The number of rotatable bonds is 8. The maximum absolute atomic E-state index is 11.7. The number of imide groups is 1. The molecule has 0 radical (unpaired) electrons. The first kappa shape index (κ1) is 17.1. The Morgan fingerprint density at radius 2 is 2.14 bits per heavy atom. The molecule has 8 nitrogen and oxygen atoms in total. The Balaban J connectivity index is 2.32. The van der Waals surface area contributed by atoms with Crippen molar-refractivity contribution >= 4 is 11.9 Å². The molecule has 1 rings (SSSR count). The zero-order valence-corrected chi connectivity index (χ0v) is 12.8. The van der Waals surface area contributed by atoms with Crippen LogP contribution in [0.5, 0.6) is 0 Å². The topological polar surface area (TPSA) is 101 Å². The van der Waals surface area contributed by atoms with Crippen LogP contribution in [0.1, 0.15) is 32.9 Å². The van der Waals surface area contributed by atoms with Crippen LogP contribution in [0.3, 0.4) is 0 Å². The molecule has 0 aromatic carbocycles. The van der Waals surface area contributed by atoms with Crippen LogP contribution in [-0.4, -0.2) is 40.0 Å². The molecule has 0 unspecified atom stereocenters. The molecule has 21 heavy (non-hydrogen) atoms. The van der Waals surface area contributed by atoms with Gasteiger partial charge >= 0.3 is 6.03 Å². The van der Waals surface area contributed by atoms with Crippen LogP contribution in [0.2, 0.25) is 0 Å². The molecule has 0 saturated heterocycles. The van der Waals surface area contributed by atoms with E-state index in [2.05, 4.69) is 33.2 Å².